The fourth-order valence-corrected chi connectivity index (χ4v) is 2.11. The predicted octanol–water partition coefficient (Wildman–Crippen LogP) is 2.90. The van der Waals surface area contributed by atoms with Crippen LogP contribution in [0, 0.1) is 0 Å². The average molecular weight is 293 g/mol. The Morgan fingerprint density at radius 3 is 2.38 bits per heavy atom. The summed E-state index contributed by atoms with van der Waals surface area (Å²) in [5.41, 5.74) is 1.11. The maximum Gasteiger partial charge on any atom is 0.326 e. The highest BCUT2D eigenvalue weighted by Crippen LogP contribution is 2.30. The highest BCUT2D eigenvalue weighted by atomic mass is 16.5. The molecule has 1 rings (SSSR count). The fourth-order valence-electron chi connectivity index (χ4n) is 2.11. The van der Waals surface area contributed by atoms with E-state index in [1.165, 1.54) is 7.11 Å². The van der Waals surface area contributed by atoms with E-state index >= 15 is 0 Å². The van der Waals surface area contributed by atoms with Crippen LogP contribution in [0.1, 0.15) is 40.2 Å². The second-order valence-corrected chi connectivity index (χ2v) is 6.45. The quantitative estimate of drug-likeness (QED) is 0.819. The Kier molecular flexibility index (Phi) is 6.21. The van der Waals surface area contributed by atoms with E-state index in [9.17, 15) is 4.79 Å². The van der Waals surface area contributed by atoms with Gasteiger partial charge in [0, 0.05) is 6.04 Å². The molecule has 1 atom stereocenters. The summed E-state index contributed by atoms with van der Waals surface area (Å²) in [5, 5.41) is 3.16. The maximum absolute atomic E-state index is 11.8. The van der Waals surface area contributed by atoms with Crippen LogP contribution in [0.15, 0.2) is 24.3 Å². The monoisotopic (exact) mass is 293 g/mol. The Morgan fingerprint density at radius 1 is 1.24 bits per heavy atom. The molecule has 0 saturated heterocycles. The molecule has 0 aliphatic heterocycles. The van der Waals surface area contributed by atoms with Crippen molar-refractivity contribution in [1.82, 2.24) is 5.32 Å². The van der Waals surface area contributed by atoms with Crippen LogP contribution in [-0.2, 0) is 14.9 Å². The van der Waals surface area contributed by atoms with Crippen LogP contribution in [-0.4, -0.2) is 31.8 Å². The van der Waals surface area contributed by atoms with E-state index in [0.29, 0.717) is 0 Å². The molecule has 0 saturated carbocycles. The average Bonchev–Trinajstić information content (AvgIpc) is 2.41. The van der Waals surface area contributed by atoms with Crippen molar-refractivity contribution in [2.24, 2.45) is 0 Å². The molecule has 21 heavy (non-hydrogen) atoms. The number of methoxy groups -OCH3 is 1. The summed E-state index contributed by atoms with van der Waals surface area (Å²) in [7, 11) is 1.39. The van der Waals surface area contributed by atoms with Crippen molar-refractivity contribution < 1.29 is 14.3 Å². The molecule has 0 spiro atoms. The first-order chi connectivity index (χ1) is 9.75. The van der Waals surface area contributed by atoms with Gasteiger partial charge in [-0.2, -0.15) is 0 Å². The third-order valence-corrected chi connectivity index (χ3v) is 3.12. The van der Waals surface area contributed by atoms with Crippen molar-refractivity contribution in [2.75, 3.05) is 13.7 Å². The van der Waals surface area contributed by atoms with Gasteiger partial charge in [0.2, 0.25) is 0 Å². The van der Waals surface area contributed by atoms with Gasteiger partial charge in [-0.15, -0.1) is 0 Å². The molecule has 4 heteroatoms. The van der Waals surface area contributed by atoms with E-state index in [2.05, 4.69) is 32.2 Å². The SMILES string of the molecule is COC(=O)C(COc1ccccc1C(C)(C)C)NC(C)C. The molecule has 1 unspecified atom stereocenters. The summed E-state index contributed by atoms with van der Waals surface area (Å²) in [6, 6.07) is 7.63. The first-order valence-corrected chi connectivity index (χ1v) is 7.32. The molecular formula is C17H27NO3. The molecular weight excluding hydrogens is 266 g/mol. The Labute approximate surface area is 127 Å². The number of para-hydroxylation sites is 1. The minimum absolute atomic E-state index is 0.0111. The minimum atomic E-state index is -0.469. The van der Waals surface area contributed by atoms with Crippen LogP contribution >= 0.6 is 0 Å². The summed E-state index contributed by atoms with van der Waals surface area (Å²) in [6.07, 6.45) is 0. The van der Waals surface area contributed by atoms with E-state index in [-0.39, 0.29) is 24.0 Å². The Balaban J connectivity index is 2.83. The highest BCUT2D eigenvalue weighted by molar-refractivity contribution is 5.75. The molecule has 1 aromatic rings. The number of ether oxygens (including phenoxy) is 2. The van der Waals surface area contributed by atoms with Gasteiger partial charge in [-0.25, -0.2) is 0 Å². The van der Waals surface area contributed by atoms with Gasteiger partial charge in [-0.05, 0) is 17.0 Å². The number of benzene rings is 1. The lowest BCUT2D eigenvalue weighted by Gasteiger charge is -2.24. The minimum Gasteiger partial charge on any atom is -0.491 e. The van der Waals surface area contributed by atoms with Gasteiger partial charge >= 0.3 is 5.97 Å². The number of carbonyl (C=O) groups excluding carboxylic acids is 1. The van der Waals surface area contributed by atoms with E-state index < -0.39 is 6.04 Å². The first-order valence-electron chi connectivity index (χ1n) is 7.32. The summed E-state index contributed by atoms with van der Waals surface area (Å²) in [6.45, 7) is 10.6. The van der Waals surface area contributed by atoms with Crippen LogP contribution in [0.25, 0.3) is 0 Å². The largest absolute Gasteiger partial charge is 0.491 e. The first kappa shape index (κ1) is 17.5. The van der Waals surface area contributed by atoms with Crippen LogP contribution < -0.4 is 10.1 Å². The zero-order valence-corrected chi connectivity index (χ0v) is 13.9. The van der Waals surface area contributed by atoms with Gasteiger partial charge < -0.3 is 9.47 Å². The summed E-state index contributed by atoms with van der Waals surface area (Å²) in [5.74, 6) is 0.501. The summed E-state index contributed by atoms with van der Waals surface area (Å²) < 4.78 is 10.7. The summed E-state index contributed by atoms with van der Waals surface area (Å²) in [4.78, 5) is 11.8. The molecule has 0 heterocycles. The standard InChI is InChI=1S/C17H27NO3/c1-12(2)18-14(16(19)20-6)11-21-15-10-8-7-9-13(15)17(3,4)5/h7-10,12,14,18H,11H2,1-6H3. The molecule has 0 aromatic heterocycles. The molecule has 0 bridgehead atoms. The lowest BCUT2D eigenvalue weighted by molar-refractivity contribution is -0.144. The number of rotatable bonds is 6. The van der Waals surface area contributed by atoms with Gasteiger partial charge in [-0.3, -0.25) is 10.1 Å². The van der Waals surface area contributed by atoms with Crippen molar-refractivity contribution in [1.29, 1.82) is 0 Å². The maximum atomic E-state index is 11.8. The zero-order valence-electron chi connectivity index (χ0n) is 13.9. The Morgan fingerprint density at radius 2 is 1.86 bits per heavy atom. The Hall–Kier alpha value is -1.55. The van der Waals surface area contributed by atoms with Crippen molar-refractivity contribution in [3.05, 3.63) is 29.8 Å². The van der Waals surface area contributed by atoms with Gasteiger partial charge in [0.15, 0.2) is 0 Å². The number of esters is 1. The normalized spacial score (nSPS) is 13.1. The van der Waals surface area contributed by atoms with Gasteiger partial charge in [0.1, 0.15) is 18.4 Å². The van der Waals surface area contributed by atoms with Crippen LogP contribution in [0.4, 0.5) is 0 Å². The van der Waals surface area contributed by atoms with Crippen molar-refractivity contribution >= 4 is 5.97 Å². The molecule has 4 nitrogen and oxygen atoms in total. The van der Waals surface area contributed by atoms with Crippen molar-refractivity contribution in [2.45, 2.75) is 52.1 Å². The highest BCUT2D eigenvalue weighted by Gasteiger charge is 2.23. The predicted molar refractivity (Wildman–Crippen MR) is 84.7 cm³/mol. The number of hydrogen-bond donors (Lipinski definition) is 1. The zero-order chi connectivity index (χ0) is 16.0. The molecule has 0 aliphatic carbocycles. The molecule has 118 valence electrons. The van der Waals surface area contributed by atoms with E-state index in [1.54, 1.807) is 0 Å². The third-order valence-electron chi connectivity index (χ3n) is 3.12. The van der Waals surface area contributed by atoms with E-state index in [1.807, 2.05) is 32.0 Å². The van der Waals surface area contributed by atoms with Gasteiger partial charge in [0.25, 0.3) is 0 Å². The van der Waals surface area contributed by atoms with E-state index in [0.717, 1.165) is 11.3 Å². The van der Waals surface area contributed by atoms with Crippen LogP contribution in [0.5, 0.6) is 5.75 Å². The lowest BCUT2D eigenvalue weighted by atomic mass is 9.86. The third kappa shape index (κ3) is 5.38. The molecule has 1 N–H and O–H groups in total. The summed E-state index contributed by atoms with van der Waals surface area (Å²) >= 11 is 0. The lowest BCUT2D eigenvalue weighted by Crippen LogP contribution is -2.45. The fraction of sp³-hybridized carbons (Fsp3) is 0.588. The van der Waals surface area contributed by atoms with Crippen molar-refractivity contribution in [3.8, 4) is 5.75 Å². The topological polar surface area (TPSA) is 47.6 Å². The van der Waals surface area contributed by atoms with E-state index in [4.69, 9.17) is 9.47 Å². The number of carbonyl (C=O) groups is 1. The number of nitrogens with one attached hydrogen (secondary N) is 1. The molecule has 0 amide bonds. The number of hydrogen-bond acceptors (Lipinski definition) is 4. The molecule has 0 radical (unpaired) electrons. The molecule has 0 aliphatic rings. The van der Waals surface area contributed by atoms with Crippen LogP contribution in [0.2, 0.25) is 0 Å². The second-order valence-electron chi connectivity index (χ2n) is 6.45. The Bertz CT molecular complexity index is 463. The van der Waals surface area contributed by atoms with Gasteiger partial charge in [-0.1, -0.05) is 52.8 Å². The molecule has 1 aromatic carbocycles. The smallest absolute Gasteiger partial charge is 0.326 e. The molecule has 0 fully saturated rings. The second kappa shape index (κ2) is 7.46. The van der Waals surface area contributed by atoms with Crippen LogP contribution in [0.3, 0.4) is 0 Å². The van der Waals surface area contributed by atoms with Crippen molar-refractivity contribution in [3.63, 3.8) is 0 Å². The van der Waals surface area contributed by atoms with Gasteiger partial charge in [0.05, 0.1) is 7.11 Å².